The van der Waals surface area contributed by atoms with Crippen molar-refractivity contribution in [2.75, 3.05) is 5.32 Å². The first-order valence-corrected chi connectivity index (χ1v) is 10.2. The van der Waals surface area contributed by atoms with E-state index < -0.39 is 0 Å². The highest BCUT2D eigenvalue weighted by Gasteiger charge is 2.31. The molecule has 0 aromatic carbocycles. The van der Waals surface area contributed by atoms with Crippen molar-refractivity contribution in [3.63, 3.8) is 0 Å². The van der Waals surface area contributed by atoms with Crippen LogP contribution >= 0.6 is 0 Å². The molecule has 0 aliphatic heterocycles. The van der Waals surface area contributed by atoms with Gasteiger partial charge < -0.3 is 15.6 Å². The summed E-state index contributed by atoms with van der Waals surface area (Å²) in [7, 11) is 0. The van der Waals surface area contributed by atoms with E-state index in [9.17, 15) is 4.79 Å². The SMILES string of the molecule is CC(=O)N[C@]1(C)CC[C@@H](Nc2ncc3c(-c4ccn5nccc5n4)c[nH]c3n2)CC1. The fourth-order valence-electron chi connectivity index (χ4n) is 4.28. The molecule has 0 bridgehead atoms. The summed E-state index contributed by atoms with van der Waals surface area (Å²) in [5.74, 6) is 0.644. The van der Waals surface area contributed by atoms with Gasteiger partial charge in [0, 0.05) is 54.1 Å². The molecule has 1 aliphatic rings. The van der Waals surface area contributed by atoms with Gasteiger partial charge in [-0.05, 0) is 38.7 Å². The molecule has 30 heavy (non-hydrogen) atoms. The maximum Gasteiger partial charge on any atom is 0.224 e. The second-order valence-electron chi connectivity index (χ2n) is 8.27. The Kier molecular flexibility index (Phi) is 4.38. The van der Waals surface area contributed by atoms with E-state index in [1.54, 1.807) is 17.6 Å². The highest BCUT2D eigenvalue weighted by Crippen LogP contribution is 2.30. The second-order valence-corrected chi connectivity index (χ2v) is 8.27. The standard InChI is InChI=1S/C21H24N8O/c1-13(30)28-21(2)7-3-14(4-8-21)25-20-23-12-16-15(11-22-19(16)27-20)17-6-10-29-18(26-17)5-9-24-29/h5-6,9-12,14H,3-4,7-8H2,1-2H3,(H,28,30)(H2,22,23,25,27)/t14-,21-. The molecule has 0 atom stereocenters. The molecule has 9 heteroatoms. The maximum atomic E-state index is 11.4. The van der Waals surface area contributed by atoms with Crippen molar-refractivity contribution in [2.24, 2.45) is 0 Å². The summed E-state index contributed by atoms with van der Waals surface area (Å²) in [6, 6.07) is 4.10. The van der Waals surface area contributed by atoms with Gasteiger partial charge in [-0.15, -0.1) is 0 Å². The lowest BCUT2D eigenvalue weighted by Gasteiger charge is -2.38. The summed E-state index contributed by atoms with van der Waals surface area (Å²) < 4.78 is 1.73. The molecule has 0 unspecified atom stereocenters. The van der Waals surface area contributed by atoms with E-state index in [1.807, 2.05) is 30.7 Å². The average molecular weight is 404 g/mol. The van der Waals surface area contributed by atoms with Crippen LogP contribution in [0, 0.1) is 0 Å². The van der Waals surface area contributed by atoms with Crippen LogP contribution in [-0.2, 0) is 4.79 Å². The van der Waals surface area contributed by atoms with Crippen LogP contribution in [0.25, 0.3) is 27.9 Å². The normalized spacial score (nSPS) is 21.7. The largest absolute Gasteiger partial charge is 0.351 e. The summed E-state index contributed by atoms with van der Waals surface area (Å²) >= 11 is 0. The van der Waals surface area contributed by atoms with E-state index in [0.717, 1.165) is 53.6 Å². The predicted molar refractivity (Wildman–Crippen MR) is 114 cm³/mol. The number of carbonyl (C=O) groups excluding carboxylic acids is 1. The number of hydrogen-bond donors (Lipinski definition) is 3. The van der Waals surface area contributed by atoms with Gasteiger partial charge in [0.15, 0.2) is 5.65 Å². The minimum atomic E-state index is -0.118. The van der Waals surface area contributed by atoms with Crippen molar-refractivity contribution in [2.45, 2.75) is 51.1 Å². The van der Waals surface area contributed by atoms with Gasteiger partial charge in [0.25, 0.3) is 0 Å². The number of nitrogens with zero attached hydrogens (tertiary/aromatic N) is 5. The van der Waals surface area contributed by atoms with E-state index in [-0.39, 0.29) is 11.4 Å². The van der Waals surface area contributed by atoms with E-state index in [0.29, 0.717) is 12.0 Å². The fourth-order valence-corrected chi connectivity index (χ4v) is 4.28. The molecule has 4 aromatic heterocycles. The summed E-state index contributed by atoms with van der Waals surface area (Å²) in [6.07, 6.45) is 11.2. The van der Waals surface area contributed by atoms with Crippen LogP contribution in [0.1, 0.15) is 39.5 Å². The molecule has 4 aromatic rings. The number of H-pyrrole nitrogens is 1. The van der Waals surface area contributed by atoms with Crippen molar-refractivity contribution >= 4 is 28.5 Å². The molecule has 1 fully saturated rings. The molecular weight excluding hydrogens is 380 g/mol. The van der Waals surface area contributed by atoms with Gasteiger partial charge in [0.1, 0.15) is 5.65 Å². The Morgan fingerprint density at radius 1 is 1.27 bits per heavy atom. The van der Waals surface area contributed by atoms with Crippen molar-refractivity contribution in [1.82, 2.24) is 34.9 Å². The van der Waals surface area contributed by atoms with E-state index in [1.165, 1.54) is 0 Å². The van der Waals surface area contributed by atoms with Crippen molar-refractivity contribution in [3.05, 3.63) is 36.9 Å². The van der Waals surface area contributed by atoms with Crippen molar-refractivity contribution in [3.8, 4) is 11.3 Å². The molecule has 0 saturated heterocycles. The Labute approximate surface area is 173 Å². The lowest BCUT2D eigenvalue weighted by molar-refractivity contribution is -0.121. The number of hydrogen-bond acceptors (Lipinski definition) is 6. The Morgan fingerprint density at radius 3 is 2.90 bits per heavy atom. The zero-order chi connectivity index (χ0) is 20.7. The number of anilines is 1. The summed E-state index contributed by atoms with van der Waals surface area (Å²) in [5, 5.41) is 11.6. The van der Waals surface area contributed by atoms with Crippen LogP contribution in [0.2, 0.25) is 0 Å². The molecule has 1 amide bonds. The molecule has 4 heterocycles. The third-order valence-corrected chi connectivity index (χ3v) is 5.87. The van der Waals surface area contributed by atoms with Crippen LogP contribution in [0.3, 0.4) is 0 Å². The van der Waals surface area contributed by atoms with Crippen molar-refractivity contribution in [1.29, 1.82) is 0 Å². The highest BCUT2D eigenvalue weighted by molar-refractivity contribution is 5.92. The lowest BCUT2D eigenvalue weighted by atomic mass is 9.81. The van der Waals surface area contributed by atoms with Crippen LogP contribution in [0.4, 0.5) is 5.95 Å². The summed E-state index contributed by atoms with van der Waals surface area (Å²) in [6.45, 7) is 3.69. The van der Waals surface area contributed by atoms with Gasteiger partial charge in [-0.3, -0.25) is 4.79 Å². The first kappa shape index (κ1) is 18.5. The van der Waals surface area contributed by atoms with E-state index in [4.69, 9.17) is 0 Å². The average Bonchev–Trinajstić information content (AvgIpc) is 3.35. The number of aromatic nitrogens is 6. The highest BCUT2D eigenvalue weighted by atomic mass is 16.1. The van der Waals surface area contributed by atoms with Crippen LogP contribution < -0.4 is 10.6 Å². The number of aromatic amines is 1. The quantitative estimate of drug-likeness (QED) is 0.482. The molecule has 0 radical (unpaired) electrons. The molecule has 1 aliphatic carbocycles. The minimum Gasteiger partial charge on any atom is -0.351 e. The van der Waals surface area contributed by atoms with Gasteiger partial charge in [0.2, 0.25) is 11.9 Å². The molecule has 9 nitrogen and oxygen atoms in total. The fraction of sp³-hybridized carbons (Fsp3) is 0.381. The number of fused-ring (bicyclic) bond motifs is 2. The Balaban J connectivity index is 1.32. The van der Waals surface area contributed by atoms with Gasteiger partial charge in [0.05, 0.1) is 11.9 Å². The Morgan fingerprint density at radius 2 is 2.10 bits per heavy atom. The Hall–Kier alpha value is -3.49. The van der Waals surface area contributed by atoms with Gasteiger partial charge in [-0.1, -0.05) is 0 Å². The third-order valence-electron chi connectivity index (χ3n) is 5.87. The molecule has 154 valence electrons. The Bertz CT molecular complexity index is 1220. The lowest BCUT2D eigenvalue weighted by Crippen LogP contribution is -2.49. The molecular formula is C21H24N8O. The first-order chi connectivity index (χ1) is 14.5. The van der Waals surface area contributed by atoms with Crippen molar-refractivity contribution < 1.29 is 4.79 Å². The van der Waals surface area contributed by atoms with Crippen LogP contribution in [0.5, 0.6) is 0 Å². The number of nitrogens with one attached hydrogen (secondary N) is 3. The number of carbonyl (C=O) groups is 1. The minimum absolute atomic E-state index is 0.0297. The molecule has 5 rings (SSSR count). The second kappa shape index (κ2) is 7.08. The van der Waals surface area contributed by atoms with E-state index >= 15 is 0 Å². The summed E-state index contributed by atoms with van der Waals surface area (Å²) in [5.41, 5.74) is 3.26. The maximum absolute atomic E-state index is 11.4. The van der Waals surface area contributed by atoms with Crippen LogP contribution in [0.15, 0.2) is 36.9 Å². The predicted octanol–water partition coefficient (Wildman–Crippen LogP) is 2.92. The zero-order valence-corrected chi connectivity index (χ0v) is 17.0. The topological polar surface area (TPSA) is 113 Å². The smallest absolute Gasteiger partial charge is 0.224 e. The van der Waals surface area contributed by atoms with Gasteiger partial charge in [-0.25, -0.2) is 14.5 Å². The number of rotatable bonds is 4. The zero-order valence-electron chi connectivity index (χ0n) is 17.0. The third kappa shape index (κ3) is 3.47. The monoisotopic (exact) mass is 404 g/mol. The molecule has 0 spiro atoms. The molecule has 3 N–H and O–H groups in total. The number of amides is 1. The van der Waals surface area contributed by atoms with E-state index in [2.05, 4.69) is 42.6 Å². The van der Waals surface area contributed by atoms with Gasteiger partial charge in [-0.2, -0.15) is 10.1 Å². The van der Waals surface area contributed by atoms with Gasteiger partial charge >= 0.3 is 0 Å². The van der Waals surface area contributed by atoms with Crippen LogP contribution in [-0.4, -0.2) is 47.0 Å². The first-order valence-electron chi connectivity index (χ1n) is 10.2. The summed E-state index contributed by atoms with van der Waals surface area (Å²) in [4.78, 5) is 28.5. The molecule has 1 saturated carbocycles.